The second-order valence-electron chi connectivity index (χ2n) is 3.00. The van der Waals surface area contributed by atoms with E-state index in [-0.39, 0.29) is 0 Å². The van der Waals surface area contributed by atoms with Crippen LogP contribution in [0.15, 0.2) is 42.5 Å². The van der Waals surface area contributed by atoms with E-state index in [1.54, 1.807) is 6.92 Å². The molecule has 1 N–H and O–H groups in total. The van der Waals surface area contributed by atoms with Gasteiger partial charge in [-0.25, -0.2) is 0 Å². The fourth-order valence-corrected chi connectivity index (χ4v) is 1.01. The second-order valence-corrected chi connectivity index (χ2v) is 3.00. The van der Waals surface area contributed by atoms with E-state index in [2.05, 4.69) is 6.58 Å². The molecule has 0 aromatic heterocycles. The molecule has 12 heavy (non-hydrogen) atoms. The number of hydrogen-bond acceptors (Lipinski definition) is 1. The van der Waals surface area contributed by atoms with Crippen LogP contribution in [0.25, 0.3) is 0 Å². The van der Waals surface area contributed by atoms with Crippen molar-refractivity contribution < 1.29 is 5.11 Å². The van der Waals surface area contributed by atoms with Gasteiger partial charge in [-0.05, 0) is 24.5 Å². The molecule has 0 saturated carbocycles. The molecular weight excluding hydrogens is 148 g/mol. The Morgan fingerprint density at radius 2 is 2.00 bits per heavy atom. The third-order valence-electron chi connectivity index (χ3n) is 1.86. The Labute approximate surface area is 73.4 Å². The first kappa shape index (κ1) is 9.01. The average molecular weight is 162 g/mol. The van der Waals surface area contributed by atoms with Crippen molar-refractivity contribution in [2.45, 2.75) is 19.4 Å². The Bertz CT molecular complexity index is 249. The SMILES string of the molecule is C=C(Cc1ccccc1)C(C)O. The summed E-state index contributed by atoms with van der Waals surface area (Å²) in [4.78, 5) is 0. The Morgan fingerprint density at radius 3 is 2.50 bits per heavy atom. The Balaban J connectivity index is 2.59. The fraction of sp³-hybridized carbons (Fsp3) is 0.273. The normalized spacial score (nSPS) is 12.5. The summed E-state index contributed by atoms with van der Waals surface area (Å²) in [6, 6.07) is 10.0. The van der Waals surface area contributed by atoms with Crippen LogP contribution in [-0.2, 0) is 6.42 Å². The molecule has 1 atom stereocenters. The first-order valence-corrected chi connectivity index (χ1v) is 4.10. The summed E-state index contributed by atoms with van der Waals surface area (Å²) >= 11 is 0. The minimum atomic E-state index is -0.412. The van der Waals surface area contributed by atoms with Crippen molar-refractivity contribution in [2.75, 3.05) is 0 Å². The Morgan fingerprint density at radius 1 is 1.42 bits per heavy atom. The van der Waals surface area contributed by atoms with Crippen LogP contribution in [0.5, 0.6) is 0 Å². The highest BCUT2D eigenvalue weighted by atomic mass is 16.3. The molecule has 0 aliphatic carbocycles. The van der Waals surface area contributed by atoms with Crippen molar-refractivity contribution in [1.29, 1.82) is 0 Å². The van der Waals surface area contributed by atoms with E-state index in [1.807, 2.05) is 30.3 Å². The zero-order chi connectivity index (χ0) is 8.97. The molecule has 0 saturated heterocycles. The summed E-state index contributed by atoms with van der Waals surface area (Å²) in [5.41, 5.74) is 2.06. The van der Waals surface area contributed by atoms with E-state index < -0.39 is 6.10 Å². The van der Waals surface area contributed by atoms with E-state index in [0.717, 1.165) is 12.0 Å². The van der Waals surface area contributed by atoms with E-state index >= 15 is 0 Å². The number of aliphatic hydroxyl groups excluding tert-OH is 1. The first-order valence-electron chi connectivity index (χ1n) is 4.10. The van der Waals surface area contributed by atoms with Gasteiger partial charge in [-0.1, -0.05) is 36.9 Å². The van der Waals surface area contributed by atoms with Crippen LogP contribution in [0, 0.1) is 0 Å². The molecule has 0 spiro atoms. The monoisotopic (exact) mass is 162 g/mol. The molecule has 1 aromatic carbocycles. The lowest BCUT2D eigenvalue weighted by Gasteiger charge is -2.07. The van der Waals surface area contributed by atoms with E-state index in [9.17, 15) is 5.11 Å². The molecule has 0 fully saturated rings. The largest absolute Gasteiger partial charge is 0.389 e. The van der Waals surface area contributed by atoms with Gasteiger partial charge in [0.1, 0.15) is 0 Å². The number of benzene rings is 1. The van der Waals surface area contributed by atoms with Crippen molar-refractivity contribution in [2.24, 2.45) is 0 Å². The molecule has 0 amide bonds. The van der Waals surface area contributed by atoms with Crippen molar-refractivity contribution in [3.05, 3.63) is 48.0 Å². The molecule has 1 rings (SSSR count). The van der Waals surface area contributed by atoms with Crippen LogP contribution in [0.1, 0.15) is 12.5 Å². The number of rotatable bonds is 3. The minimum Gasteiger partial charge on any atom is -0.389 e. The zero-order valence-electron chi connectivity index (χ0n) is 7.33. The van der Waals surface area contributed by atoms with Crippen LogP contribution in [0.2, 0.25) is 0 Å². The zero-order valence-corrected chi connectivity index (χ0v) is 7.33. The standard InChI is InChI=1S/C11H14O/c1-9(10(2)12)8-11-6-4-3-5-7-11/h3-7,10,12H,1,8H2,2H3. The topological polar surface area (TPSA) is 20.2 Å². The highest BCUT2D eigenvalue weighted by Crippen LogP contribution is 2.08. The number of hydrogen-bond donors (Lipinski definition) is 1. The molecule has 1 unspecified atom stereocenters. The third kappa shape index (κ3) is 2.51. The smallest absolute Gasteiger partial charge is 0.0722 e. The lowest BCUT2D eigenvalue weighted by Crippen LogP contribution is -2.05. The van der Waals surface area contributed by atoms with E-state index in [0.29, 0.717) is 0 Å². The molecule has 64 valence electrons. The molecule has 0 bridgehead atoms. The van der Waals surface area contributed by atoms with Crippen LogP contribution >= 0.6 is 0 Å². The van der Waals surface area contributed by atoms with Crippen LogP contribution in [-0.4, -0.2) is 11.2 Å². The molecule has 1 aromatic rings. The lowest BCUT2D eigenvalue weighted by molar-refractivity contribution is 0.229. The van der Waals surface area contributed by atoms with Gasteiger partial charge >= 0.3 is 0 Å². The first-order chi connectivity index (χ1) is 5.70. The lowest BCUT2D eigenvalue weighted by atomic mass is 10.0. The van der Waals surface area contributed by atoms with Gasteiger partial charge in [0, 0.05) is 0 Å². The van der Waals surface area contributed by atoms with Crippen molar-refractivity contribution in [1.82, 2.24) is 0 Å². The molecule has 0 aliphatic heterocycles. The average Bonchev–Trinajstić information content (AvgIpc) is 2.06. The summed E-state index contributed by atoms with van der Waals surface area (Å²) in [5.74, 6) is 0. The maximum absolute atomic E-state index is 9.18. The van der Waals surface area contributed by atoms with Gasteiger partial charge in [-0.2, -0.15) is 0 Å². The van der Waals surface area contributed by atoms with Gasteiger partial charge in [0.05, 0.1) is 6.10 Å². The predicted molar refractivity (Wildman–Crippen MR) is 51.0 cm³/mol. The van der Waals surface area contributed by atoms with E-state index in [1.165, 1.54) is 5.56 Å². The molecule has 0 heterocycles. The molecular formula is C11H14O. The highest BCUT2D eigenvalue weighted by Gasteiger charge is 2.01. The van der Waals surface area contributed by atoms with Crippen molar-refractivity contribution in [3.8, 4) is 0 Å². The maximum atomic E-state index is 9.18. The summed E-state index contributed by atoms with van der Waals surface area (Å²) in [6.45, 7) is 5.54. The van der Waals surface area contributed by atoms with Gasteiger partial charge in [0.2, 0.25) is 0 Å². The van der Waals surface area contributed by atoms with Gasteiger partial charge in [-0.3, -0.25) is 0 Å². The number of aliphatic hydroxyl groups is 1. The van der Waals surface area contributed by atoms with Crippen LogP contribution < -0.4 is 0 Å². The van der Waals surface area contributed by atoms with Gasteiger partial charge in [-0.15, -0.1) is 0 Å². The Hall–Kier alpha value is -1.08. The summed E-state index contributed by atoms with van der Waals surface area (Å²) in [7, 11) is 0. The predicted octanol–water partition coefficient (Wildman–Crippen LogP) is 2.17. The quantitative estimate of drug-likeness (QED) is 0.675. The van der Waals surface area contributed by atoms with E-state index in [4.69, 9.17) is 0 Å². The van der Waals surface area contributed by atoms with Gasteiger partial charge in [0.25, 0.3) is 0 Å². The fourth-order valence-electron chi connectivity index (χ4n) is 1.01. The molecule has 0 radical (unpaired) electrons. The molecule has 1 nitrogen and oxygen atoms in total. The Kier molecular flexibility index (Phi) is 3.06. The van der Waals surface area contributed by atoms with Crippen LogP contribution in [0.3, 0.4) is 0 Å². The minimum absolute atomic E-state index is 0.412. The maximum Gasteiger partial charge on any atom is 0.0722 e. The van der Waals surface area contributed by atoms with Crippen molar-refractivity contribution >= 4 is 0 Å². The summed E-state index contributed by atoms with van der Waals surface area (Å²) in [6.07, 6.45) is 0.351. The van der Waals surface area contributed by atoms with Gasteiger partial charge < -0.3 is 5.11 Å². The van der Waals surface area contributed by atoms with Crippen molar-refractivity contribution in [3.63, 3.8) is 0 Å². The molecule has 1 heteroatoms. The second kappa shape index (κ2) is 4.07. The summed E-state index contributed by atoms with van der Waals surface area (Å²) < 4.78 is 0. The highest BCUT2D eigenvalue weighted by molar-refractivity contribution is 5.21. The molecule has 0 aliphatic rings. The summed E-state index contributed by atoms with van der Waals surface area (Å²) in [5, 5.41) is 9.18. The van der Waals surface area contributed by atoms with Gasteiger partial charge in [0.15, 0.2) is 0 Å². The third-order valence-corrected chi connectivity index (χ3v) is 1.86. The van der Waals surface area contributed by atoms with Crippen LogP contribution in [0.4, 0.5) is 0 Å².